The Balaban J connectivity index is 1.90. The van der Waals surface area contributed by atoms with Crippen molar-refractivity contribution in [1.29, 1.82) is 0 Å². The Labute approximate surface area is 146 Å². The lowest BCUT2D eigenvalue weighted by Gasteiger charge is -2.13. The van der Waals surface area contributed by atoms with Gasteiger partial charge in [-0.15, -0.1) is 0 Å². The number of furan rings is 1. The van der Waals surface area contributed by atoms with E-state index in [1.165, 1.54) is 6.26 Å². The molecule has 1 aromatic carbocycles. The van der Waals surface area contributed by atoms with E-state index < -0.39 is 0 Å². The predicted molar refractivity (Wildman–Crippen MR) is 93.1 cm³/mol. The number of rotatable bonds is 9. The Bertz CT molecular complexity index is 697. The molecule has 0 aliphatic carbocycles. The van der Waals surface area contributed by atoms with Gasteiger partial charge >= 0.3 is 0 Å². The Morgan fingerprint density at radius 1 is 1.12 bits per heavy atom. The van der Waals surface area contributed by atoms with E-state index >= 15 is 0 Å². The molecule has 2 aromatic rings. The molecular formula is C18H22N2O5. The zero-order chi connectivity index (χ0) is 18.1. The average Bonchev–Trinajstić information content (AvgIpc) is 3.12. The Morgan fingerprint density at radius 2 is 1.92 bits per heavy atom. The maximum atomic E-state index is 12.1. The number of hydrogen-bond donors (Lipinski definition) is 2. The van der Waals surface area contributed by atoms with Gasteiger partial charge in [0.2, 0.25) is 5.91 Å². The first kappa shape index (κ1) is 18.4. The molecule has 2 rings (SSSR count). The van der Waals surface area contributed by atoms with E-state index in [0.717, 1.165) is 0 Å². The maximum Gasteiger partial charge on any atom is 0.286 e. The first-order valence-corrected chi connectivity index (χ1v) is 8.15. The topological polar surface area (TPSA) is 89.8 Å². The lowest BCUT2D eigenvalue weighted by Crippen LogP contribution is -2.27. The van der Waals surface area contributed by atoms with Gasteiger partial charge in [-0.3, -0.25) is 9.59 Å². The van der Waals surface area contributed by atoms with Gasteiger partial charge in [-0.25, -0.2) is 0 Å². The van der Waals surface area contributed by atoms with Crippen molar-refractivity contribution in [3.05, 3.63) is 42.4 Å². The fraction of sp³-hybridized carbons (Fsp3) is 0.333. The standard InChI is InChI=1S/C18H22N2O5/c1-3-23-13-7-8-15(24-4-2)14(12-13)20-17(21)9-10-19-18(22)16-6-5-11-25-16/h5-8,11-12H,3-4,9-10H2,1-2H3,(H,19,22)(H,20,21). The first-order chi connectivity index (χ1) is 12.1. The van der Waals surface area contributed by atoms with Crippen molar-refractivity contribution in [2.75, 3.05) is 25.1 Å². The molecule has 0 aliphatic heterocycles. The summed E-state index contributed by atoms with van der Waals surface area (Å²) in [7, 11) is 0. The quantitative estimate of drug-likeness (QED) is 0.729. The fourth-order valence-corrected chi connectivity index (χ4v) is 2.14. The third-order valence-corrected chi connectivity index (χ3v) is 3.22. The zero-order valence-electron chi connectivity index (χ0n) is 14.3. The third kappa shape index (κ3) is 5.56. The van der Waals surface area contributed by atoms with E-state index in [-0.39, 0.29) is 30.5 Å². The second-order valence-electron chi connectivity index (χ2n) is 5.06. The van der Waals surface area contributed by atoms with E-state index in [1.54, 1.807) is 30.3 Å². The van der Waals surface area contributed by atoms with E-state index in [9.17, 15) is 9.59 Å². The van der Waals surface area contributed by atoms with Crippen LogP contribution in [0.25, 0.3) is 0 Å². The summed E-state index contributed by atoms with van der Waals surface area (Å²) in [5, 5.41) is 5.41. The number of carbonyl (C=O) groups is 2. The van der Waals surface area contributed by atoms with E-state index in [0.29, 0.717) is 30.4 Å². The monoisotopic (exact) mass is 346 g/mol. The molecule has 134 valence electrons. The summed E-state index contributed by atoms with van der Waals surface area (Å²) >= 11 is 0. The SMILES string of the molecule is CCOc1ccc(OCC)c(NC(=O)CCNC(=O)c2ccco2)c1. The van der Waals surface area contributed by atoms with Crippen LogP contribution in [0.15, 0.2) is 41.0 Å². The number of nitrogens with one attached hydrogen (secondary N) is 2. The molecular weight excluding hydrogens is 324 g/mol. The smallest absolute Gasteiger partial charge is 0.286 e. The van der Waals surface area contributed by atoms with E-state index in [1.807, 2.05) is 13.8 Å². The molecule has 7 nitrogen and oxygen atoms in total. The van der Waals surface area contributed by atoms with Crippen LogP contribution in [-0.4, -0.2) is 31.6 Å². The number of hydrogen-bond acceptors (Lipinski definition) is 5. The number of carbonyl (C=O) groups excluding carboxylic acids is 2. The van der Waals surface area contributed by atoms with Gasteiger partial charge in [0.15, 0.2) is 5.76 Å². The zero-order valence-corrected chi connectivity index (χ0v) is 14.3. The third-order valence-electron chi connectivity index (χ3n) is 3.22. The van der Waals surface area contributed by atoms with Crippen LogP contribution in [0.4, 0.5) is 5.69 Å². The molecule has 0 saturated heterocycles. The van der Waals surface area contributed by atoms with Gasteiger partial charge in [-0.05, 0) is 38.1 Å². The molecule has 2 amide bonds. The van der Waals surface area contributed by atoms with Crippen molar-refractivity contribution >= 4 is 17.5 Å². The largest absolute Gasteiger partial charge is 0.494 e. The molecule has 0 spiro atoms. The van der Waals surface area contributed by atoms with Crippen LogP contribution >= 0.6 is 0 Å². The molecule has 0 saturated carbocycles. The molecule has 0 aliphatic rings. The minimum Gasteiger partial charge on any atom is -0.494 e. The second-order valence-corrected chi connectivity index (χ2v) is 5.06. The van der Waals surface area contributed by atoms with Gasteiger partial charge in [-0.1, -0.05) is 0 Å². The van der Waals surface area contributed by atoms with Crippen LogP contribution in [0.5, 0.6) is 11.5 Å². The van der Waals surface area contributed by atoms with Crippen LogP contribution in [0, 0.1) is 0 Å². The van der Waals surface area contributed by atoms with Gasteiger partial charge in [0, 0.05) is 19.0 Å². The Morgan fingerprint density at radius 3 is 2.60 bits per heavy atom. The van der Waals surface area contributed by atoms with Gasteiger partial charge < -0.3 is 24.5 Å². The van der Waals surface area contributed by atoms with Gasteiger partial charge in [0.1, 0.15) is 11.5 Å². The summed E-state index contributed by atoms with van der Waals surface area (Å²) < 4.78 is 15.9. The summed E-state index contributed by atoms with van der Waals surface area (Å²) in [4.78, 5) is 23.9. The molecule has 2 N–H and O–H groups in total. The van der Waals surface area contributed by atoms with Crippen LogP contribution in [-0.2, 0) is 4.79 Å². The number of benzene rings is 1. The summed E-state index contributed by atoms with van der Waals surface area (Å²) in [6, 6.07) is 8.44. The maximum absolute atomic E-state index is 12.1. The highest BCUT2D eigenvalue weighted by molar-refractivity contribution is 5.94. The Hall–Kier alpha value is -2.96. The lowest BCUT2D eigenvalue weighted by molar-refractivity contribution is -0.116. The minimum absolute atomic E-state index is 0.122. The molecule has 0 radical (unpaired) electrons. The number of ether oxygens (including phenoxy) is 2. The first-order valence-electron chi connectivity index (χ1n) is 8.15. The molecule has 7 heteroatoms. The summed E-state index contributed by atoms with van der Waals surface area (Å²) in [5.41, 5.74) is 0.537. The summed E-state index contributed by atoms with van der Waals surface area (Å²) in [6.07, 6.45) is 1.54. The fourth-order valence-electron chi connectivity index (χ4n) is 2.14. The van der Waals surface area contributed by atoms with Crippen molar-refractivity contribution in [2.24, 2.45) is 0 Å². The number of amides is 2. The second kappa shape index (κ2) is 9.36. The van der Waals surface area contributed by atoms with Crippen LogP contribution in [0.1, 0.15) is 30.8 Å². The molecule has 25 heavy (non-hydrogen) atoms. The van der Waals surface area contributed by atoms with Gasteiger partial charge in [0.05, 0.1) is 25.2 Å². The van der Waals surface area contributed by atoms with Gasteiger partial charge in [-0.2, -0.15) is 0 Å². The lowest BCUT2D eigenvalue weighted by atomic mass is 10.2. The molecule has 0 atom stereocenters. The minimum atomic E-state index is -0.355. The molecule has 1 heterocycles. The summed E-state index contributed by atoms with van der Waals surface area (Å²) in [6.45, 7) is 4.96. The van der Waals surface area contributed by atoms with Crippen LogP contribution in [0.2, 0.25) is 0 Å². The van der Waals surface area contributed by atoms with Gasteiger partial charge in [0.25, 0.3) is 5.91 Å². The highest BCUT2D eigenvalue weighted by atomic mass is 16.5. The highest BCUT2D eigenvalue weighted by Crippen LogP contribution is 2.29. The van der Waals surface area contributed by atoms with Crippen molar-refractivity contribution < 1.29 is 23.5 Å². The average molecular weight is 346 g/mol. The van der Waals surface area contributed by atoms with E-state index in [4.69, 9.17) is 13.9 Å². The van der Waals surface area contributed by atoms with Crippen molar-refractivity contribution in [3.63, 3.8) is 0 Å². The molecule has 0 unspecified atom stereocenters. The normalized spacial score (nSPS) is 10.2. The highest BCUT2D eigenvalue weighted by Gasteiger charge is 2.12. The van der Waals surface area contributed by atoms with E-state index in [2.05, 4.69) is 10.6 Å². The van der Waals surface area contributed by atoms with Crippen LogP contribution in [0.3, 0.4) is 0 Å². The van der Waals surface area contributed by atoms with Crippen molar-refractivity contribution in [1.82, 2.24) is 5.32 Å². The predicted octanol–water partition coefficient (Wildman–Crippen LogP) is 2.84. The summed E-state index contributed by atoms with van der Waals surface area (Å²) in [5.74, 6) is 0.829. The molecule has 0 bridgehead atoms. The van der Waals surface area contributed by atoms with Crippen molar-refractivity contribution in [2.45, 2.75) is 20.3 Å². The number of anilines is 1. The molecule has 1 aromatic heterocycles. The molecule has 0 fully saturated rings. The van der Waals surface area contributed by atoms with Crippen LogP contribution < -0.4 is 20.1 Å². The Kier molecular flexibility index (Phi) is 6.88. The van der Waals surface area contributed by atoms with Crippen molar-refractivity contribution in [3.8, 4) is 11.5 Å².